The SMILES string of the molecule is Cc1ccc(CN(C)C(=O)COC(=O)CNC(=O)c2ccc(C)c(C)c2)c(C)c1. The Morgan fingerprint density at radius 3 is 2.31 bits per heavy atom. The van der Waals surface area contributed by atoms with Crippen molar-refractivity contribution in [2.24, 2.45) is 0 Å². The largest absolute Gasteiger partial charge is 0.454 e. The van der Waals surface area contributed by atoms with Crippen LogP contribution >= 0.6 is 0 Å². The van der Waals surface area contributed by atoms with Gasteiger partial charge in [-0.25, -0.2) is 0 Å². The van der Waals surface area contributed by atoms with Gasteiger partial charge in [-0.3, -0.25) is 14.4 Å². The molecule has 0 fully saturated rings. The number of nitrogens with zero attached hydrogens (tertiary/aromatic N) is 1. The zero-order valence-electron chi connectivity index (χ0n) is 17.7. The van der Waals surface area contributed by atoms with E-state index in [-0.39, 0.29) is 25.0 Å². The van der Waals surface area contributed by atoms with Crippen LogP contribution in [0.3, 0.4) is 0 Å². The minimum absolute atomic E-state index is 0.292. The third kappa shape index (κ3) is 6.45. The Labute approximate surface area is 171 Å². The van der Waals surface area contributed by atoms with E-state index in [1.807, 2.05) is 45.9 Å². The molecule has 2 aromatic rings. The molecule has 0 aliphatic carbocycles. The molecule has 0 saturated carbocycles. The Bertz CT molecular complexity index is 921. The average Bonchev–Trinajstić information content (AvgIpc) is 2.68. The first-order chi connectivity index (χ1) is 13.7. The molecule has 0 bridgehead atoms. The Hall–Kier alpha value is -3.15. The van der Waals surface area contributed by atoms with E-state index >= 15 is 0 Å². The molecule has 2 amide bonds. The number of hydrogen-bond acceptors (Lipinski definition) is 4. The molecule has 0 aliphatic heterocycles. The van der Waals surface area contributed by atoms with Crippen LogP contribution in [0.1, 0.15) is 38.2 Å². The van der Waals surface area contributed by atoms with Gasteiger partial charge in [0.15, 0.2) is 6.61 Å². The fourth-order valence-corrected chi connectivity index (χ4v) is 2.81. The zero-order chi connectivity index (χ0) is 21.6. The summed E-state index contributed by atoms with van der Waals surface area (Å²) in [5.74, 6) is -1.32. The first-order valence-electron chi connectivity index (χ1n) is 9.48. The van der Waals surface area contributed by atoms with Crippen molar-refractivity contribution < 1.29 is 19.1 Å². The number of amides is 2. The molecule has 0 aromatic heterocycles. The summed E-state index contributed by atoms with van der Waals surface area (Å²) in [6.45, 7) is 7.68. The summed E-state index contributed by atoms with van der Waals surface area (Å²) in [5.41, 5.74) is 5.87. The van der Waals surface area contributed by atoms with E-state index in [0.29, 0.717) is 12.1 Å². The molecule has 0 atom stereocenters. The maximum Gasteiger partial charge on any atom is 0.325 e. The van der Waals surface area contributed by atoms with E-state index in [0.717, 1.165) is 27.8 Å². The van der Waals surface area contributed by atoms with Gasteiger partial charge in [0.05, 0.1) is 0 Å². The standard InChI is InChI=1S/C23H28N2O4/c1-15-6-8-20(18(4)10-15)13-25(5)21(26)14-29-22(27)12-24-23(28)19-9-7-16(2)17(3)11-19/h6-11H,12-14H2,1-5H3,(H,24,28). The molecule has 0 heterocycles. The number of carbonyl (C=O) groups excluding carboxylic acids is 3. The van der Waals surface area contributed by atoms with Crippen molar-refractivity contribution in [1.29, 1.82) is 0 Å². The van der Waals surface area contributed by atoms with Crippen LogP contribution in [0.5, 0.6) is 0 Å². The molecular weight excluding hydrogens is 368 g/mol. The maximum absolute atomic E-state index is 12.2. The van der Waals surface area contributed by atoms with Gasteiger partial charge in [-0.15, -0.1) is 0 Å². The van der Waals surface area contributed by atoms with Crippen LogP contribution in [-0.2, 0) is 20.9 Å². The number of hydrogen-bond donors (Lipinski definition) is 1. The van der Waals surface area contributed by atoms with Crippen molar-refractivity contribution in [1.82, 2.24) is 10.2 Å². The number of rotatable bonds is 7. The smallest absolute Gasteiger partial charge is 0.325 e. The van der Waals surface area contributed by atoms with Gasteiger partial charge in [0.2, 0.25) is 0 Å². The van der Waals surface area contributed by atoms with Crippen LogP contribution in [0, 0.1) is 27.7 Å². The number of aryl methyl sites for hydroxylation is 4. The summed E-state index contributed by atoms with van der Waals surface area (Å²) >= 11 is 0. The van der Waals surface area contributed by atoms with Gasteiger partial charge in [0, 0.05) is 19.2 Å². The van der Waals surface area contributed by atoms with Gasteiger partial charge in [-0.05, 0) is 62.1 Å². The molecule has 154 valence electrons. The second-order valence-electron chi connectivity index (χ2n) is 7.32. The lowest BCUT2D eigenvalue weighted by Gasteiger charge is -2.18. The average molecular weight is 396 g/mol. The summed E-state index contributed by atoms with van der Waals surface area (Å²) in [4.78, 5) is 37.7. The first kappa shape index (κ1) is 22.1. The predicted octanol–water partition coefficient (Wildman–Crippen LogP) is 2.85. The highest BCUT2D eigenvalue weighted by molar-refractivity contribution is 5.96. The van der Waals surface area contributed by atoms with Crippen molar-refractivity contribution >= 4 is 17.8 Å². The first-order valence-corrected chi connectivity index (χ1v) is 9.48. The number of likely N-dealkylation sites (N-methyl/N-ethyl adjacent to an activating group) is 1. The summed E-state index contributed by atoms with van der Waals surface area (Å²) in [6, 6.07) is 11.4. The van der Waals surface area contributed by atoms with Crippen molar-refractivity contribution in [2.45, 2.75) is 34.2 Å². The number of benzene rings is 2. The monoisotopic (exact) mass is 396 g/mol. The number of esters is 1. The lowest BCUT2D eigenvalue weighted by atomic mass is 10.1. The van der Waals surface area contributed by atoms with Gasteiger partial charge < -0.3 is 15.0 Å². The number of nitrogens with one attached hydrogen (secondary N) is 1. The summed E-state index contributed by atoms with van der Waals surface area (Å²) in [5, 5.41) is 2.51. The molecule has 0 radical (unpaired) electrons. The molecule has 1 N–H and O–H groups in total. The molecule has 29 heavy (non-hydrogen) atoms. The molecule has 2 aromatic carbocycles. The minimum atomic E-state index is -0.657. The molecule has 2 rings (SSSR count). The predicted molar refractivity (Wildman–Crippen MR) is 112 cm³/mol. The summed E-state index contributed by atoms with van der Waals surface area (Å²) < 4.78 is 5.00. The van der Waals surface area contributed by atoms with Crippen molar-refractivity contribution in [3.63, 3.8) is 0 Å². The van der Waals surface area contributed by atoms with Crippen LogP contribution < -0.4 is 5.32 Å². The highest BCUT2D eigenvalue weighted by atomic mass is 16.5. The zero-order valence-corrected chi connectivity index (χ0v) is 17.7. The topological polar surface area (TPSA) is 75.7 Å². The number of carbonyl (C=O) groups is 3. The lowest BCUT2D eigenvalue weighted by molar-refractivity contribution is -0.150. The van der Waals surface area contributed by atoms with Crippen LogP contribution in [0.25, 0.3) is 0 Å². The lowest BCUT2D eigenvalue weighted by Crippen LogP contribution is -2.34. The molecular formula is C23H28N2O4. The van der Waals surface area contributed by atoms with E-state index in [2.05, 4.69) is 11.4 Å². The van der Waals surface area contributed by atoms with Crippen molar-refractivity contribution in [2.75, 3.05) is 20.2 Å². The molecule has 6 heteroatoms. The van der Waals surface area contributed by atoms with E-state index < -0.39 is 5.97 Å². The van der Waals surface area contributed by atoms with Crippen LogP contribution in [0.2, 0.25) is 0 Å². The second kappa shape index (κ2) is 9.87. The Morgan fingerprint density at radius 2 is 1.66 bits per heavy atom. The Kier molecular flexibility index (Phi) is 7.53. The molecule has 0 saturated heterocycles. The molecule has 0 unspecified atom stereocenters. The van der Waals surface area contributed by atoms with Gasteiger partial charge in [-0.1, -0.05) is 29.8 Å². The van der Waals surface area contributed by atoms with Crippen molar-refractivity contribution in [3.05, 3.63) is 69.8 Å². The minimum Gasteiger partial charge on any atom is -0.454 e. The van der Waals surface area contributed by atoms with Crippen LogP contribution in [0.15, 0.2) is 36.4 Å². The van der Waals surface area contributed by atoms with E-state index in [1.54, 1.807) is 19.2 Å². The van der Waals surface area contributed by atoms with Crippen LogP contribution in [0.4, 0.5) is 0 Å². The Balaban J connectivity index is 1.78. The molecule has 0 aliphatic rings. The van der Waals surface area contributed by atoms with Crippen molar-refractivity contribution in [3.8, 4) is 0 Å². The fraction of sp³-hybridized carbons (Fsp3) is 0.348. The number of ether oxygens (including phenoxy) is 1. The van der Waals surface area contributed by atoms with Crippen LogP contribution in [-0.4, -0.2) is 42.9 Å². The molecule has 0 spiro atoms. The van der Waals surface area contributed by atoms with E-state index in [4.69, 9.17) is 4.74 Å². The summed E-state index contributed by atoms with van der Waals surface area (Å²) in [6.07, 6.45) is 0. The highest BCUT2D eigenvalue weighted by Gasteiger charge is 2.15. The highest BCUT2D eigenvalue weighted by Crippen LogP contribution is 2.13. The van der Waals surface area contributed by atoms with Gasteiger partial charge in [0.1, 0.15) is 6.54 Å². The maximum atomic E-state index is 12.2. The second-order valence-corrected chi connectivity index (χ2v) is 7.32. The fourth-order valence-electron chi connectivity index (χ4n) is 2.81. The third-order valence-corrected chi connectivity index (χ3v) is 4.85. The van der Waals surface area contributed by atoms with E-state index in [9.17, 15) is 14.4 Å². The van der Waals surface area contributed by atoms with Gasteiger partial charge >= 0.3 is 5.97 Å². The Morgan fingerprint density at radius 1 is 0.931 bits per heavy atom. The third-order valence-electron chi connectivity index (χ3n) is 4.85. The quantitative estimate of drug-likeness (QED) is 0.730. The van der Waals surface area contributed by atoms with Gasteiger partial charge in [-0.2, -0.15) is 0 Å². The van der Waals surface area contributed by atoms with Gasteiger partial charge in [0.25, 0.3) is 11.8 Å². The van der Waals surface area contributed by atoms with E-state index in [1.165, 1.54) is 4.90 Å². The molecule has 6 nitrogen and oxygen atoms in total. The normalized spacial score (nSPS) is 10.4. The summed E-state index contributed by atoms with van der Waals surface area (Å²) in [7, 11) is 1.66.